The van der Waals surface area contributed by atoms with E-state index in [0.29, 0.717) is 0 Å². The summed E-state index contributed by atoms with van der Waals surface area (Å²) < 4.78 is 0. The number of aliphatic carboxylic acids is 3. The largest absolute Gasteiger partial charge is 4.00 e. The summed E-state index contributed by atoms with van der Waals surface area (Å²) in [7, 11) is 0. The van der Waals surface area contributed by atoms with Gasteiger partial charge in [-0.05, 0) is 38.5 Å². The fourth-order valence-electron chi connectivity index (χ4n) is 7.92. The molecule has 3 N–H and O–H groups in total. The van der Waals surface area contributed by atoms with Gasteiger partial charge < -0.3 is 57.1 Å². The smallest absolute Gasteiger partial charge is 2.00 e. The molecule has 68 heavy (non-hydrogen) atoms. The monoisotopic (exact) mass is 1030 g/mol. The maximum absolute atomic E-state index is 10.2. The van der Waals surface area contributed by atoms with Crippen molar-refractivity contribution in [3.63, 3.8) is 0 Å². The molecule has 0 aliphatic rings. The Morgan fingerprint density at radius 3 is 0.412 bits per heavy atom. The van der Waals surface area contributed by atoms with Crippen molar-refractivity contribution in [2.45, 2.75) is 329 Å². The van der Waals surface area contributed by atoms with E-state index in [9.17, 15) is 29.7 Å². The van der Waals surface area contributed by atoms with Crippen LogP contribution in [0.5, 0.6) is 0 Å². The first-order chi connectivity index (χ1) is 29.3. The van der Waals surface area contributed by atoms with Crippen molar-refractivity contribution in [1.29, 1.82) is 0 Å². The van der Waals surface area contributed by atoms with Crippen LogP contribution in [0, 0.1) is 0 Å². The zero-order valence-electron chi connectivity index (χ0n) is 44.7. The maximum Gasteiger partial charge on any atom is 4.00 e. The molecule has 0 aromatic carbocycles. The molecule has 0 saturated carbocycles. The quantitative estimate of drug-likeness (QED) is 0.0413. The Hall–Kier alpha value is -0.0108. The van der Waals surface area contributed by atoms with E-state index in [2.05, 4.69) is 20.8 Å². The van der Waals surface area contributed by atoms with E-state index in [1.807, 2.05) is 0 Å². The Bertz CT molecular complexity index is 744. The standard InChI is InChI=1S/3C18H36O2.2Al.3H2O.2O.Ti/c3*1-2-3-4-5-6-7-8-9-10-11-12-13-14-15-16-17-18(19)20;;;;;;;;/h3*2-17H2,1H3,(H,19,20);;;3*1H2;;;/q;;;2*+3;;;;2*-2;+4/p-6. The van der Waals surface area contributed by atoms with Crippen molar-refractivity contribution in [3.8, 4) is 0 Å². The SMILES string of the molecule is CCCCCCCCCCCCCCCCCC(=O)[O-].CCCCCCCCCCCCCCCCCC(=O)[O-].CCCCCCCCCCCCCCCCCC(=O)[O-].[Al+3].[Al+3].[O-2].[O-2].[OH-].[OH-].[OH-].[Ti+4]. The van der Waals surface area contributed by atoms with Crippen molar-refractivity contribution in [3.05, 3.63) is 0 Å². The van der Waals surface area contributed by atoms with E-state index >= 15 is 0 Å². The molecular formula is C54H108Al2O11Ti. The molecule has 0 atom stereocenters. The van der Waals surface area contributed by atoms with Gasteiger partial charge >= 0.3 is 56.4 Å². The molecule has 0 spiro atoms. The Kier molecular flexibility index (Phi) is 124. The molecule has 0 aliphatic carbocycles. The molecule has 0 aliphatic heterocycles. The number of rotatable bonds is 48. The third-order valence-corrected chi connectivity index (χ3v) is 12.0. The van der Waals surface area contributed by atoms with E-state index in [-0.39, 0.29) is 103 Å². The van der Waals surface area contributed by atoms with Crippen LogP contribution in [-0.2, 0) is 47.1 Å². The second-order valence-electron chi connectivity index (χ2n) is 18.2. The fraction of sp³-hybridized carbons (Fsp3) is 0.944. The van der Waals surface area contributed by atoms with Crippen molar-refractivity contribution < 1.29 is 78.8 Å². The van der Waals surface area contributed by atoms with E-state index in [0.717, 1.165) is 38.5 Å². The van der Waals surface area contributed by atoms with Crippen LogP contribution in [-0.4, -0.2) is 69.1 Å². The topological polar surface area (TPSA) is 267 Å². The molecule has 0 aromatic heterocycles. The number of carbonyl (C=O) groups excluding carboxylic acids is 3. The first-order valence-corrected chi connectivity index (χ1v) is 26.9. The predicted molar refractivity (Wildman–Crippen MR) is 272 cm³/mol. The molecule has 0 bridgehead atoms. The normalized spacial score (nSPS) is 9.57. The Morgan fingerprint density at radius 2 is 0.324 bits per heavy atom. The number of carboxylic acids is 3. The van der Waals surface area contributed by atoms with E-state index in [1.54, 1.807) is 0 Å². The van der Waals surface area contributed by atoms with Gasteiger partial charge in [-0.3, -0.25) is 0 Å². The average molecular weight is 1040 g/mol. The van der Waals surface area contributed by atoms with Crippen LogP contribution in [0.25, 0.3) is 0 Å². The molecule has 0 amide bonds. The molecule has 14 heteroatoms. The summed E-state index contributed by atoms with van der Waals surface area (Å²) >= 11 is 0. The van der Waals surface area contributed by atoms with E-state index in [1.165, 1.54) is 250 Å². The van der Waals surface area contributed by atoms with Crippen LogP contribution in [0.1, 0.15) is 329 Å². The summed E-state index contributed by atoms with van der Waals surface area (Å²) in [6, 6.07) is 0. The van der Waals surface area contributed by atoms with Crippen LogP contribution in [0.3, 0.4) is 0 Å². The Labute approximate surface area is 457 Å². The first-order valence-electron chi connectivity index (χ1n) is 26.9. The molecule has 0 heterocycles. The first kappa shape index (κ1) is 93.9. The molecule has 0 saturated heterocycles. The van der Waals surface area contributed by atoms with Gasteiger partial charge in [-0.2, -0.15) is 0 Å². The predicted octanol–water partition coefficient (Wildman–Crippen LogP) is 13.5. The molecule has 11 nitrogen and oxygen atoms in total. The van der Waals surface area contributed by atoms with E-state index < -0.39 is 17.9 Å². The summed E-state index contributed by atoms with van der Waals surface area (Å²) in [5.41, 5.74) is 0. The van der Waals surface area contributed by atoms with Crippen molar-refractivity contribution >= 4 is 52.6 Å². The Balaban J connectivity index is -0.0000000752. The van der Waals surface area contributed by atoms with Crippen LogP contribution in [0.2, 0.25) is 0 Å². The van der Waals surface area contributed by atoms with Gasteiger partial charge in [0.1, 0.15) is 0 Å². The third-order valence-electron chi connectivity index (χ3n) is 12.0. The molecule has 0 rings (SSSR count). The molecule has 0 aromatic rings. The van der Waals surface area contributed by atoms with Crippen molar-refractivity contribution in [2.75, 3.05) is 0 Å². The summed E-state index contributed by atoms with van der Waals surface area (Å²) in [6.45, 7) is 6.80. The Morgan fingerprint density at radius 1 is 0.235 bits per heavy atom. The van der Waals surface area contributed by atoms with Crippen molar-refractivity contribution in [1.82, 2.24) is 0 Å². The molecule has 0 radical (unpaired) electrons. The van der Waals surface area contributed by atoms with Gasteiger partial charge in [-0.25, -0.2) is 0 Å². The zero-order valence-corrected chi connectivity index (χ0v) is 48.6. The second-order valence-corrected chi connectivity index (χ2v) is 18.2. The number of unbranched alkanes of at least 4 members (excludes halogenated alkanes) is 42. The minimum absolute atomic E-state index is 0. The van der Waals surface area contributed by atoms with Crippen molar-refractivity contribution in [2.24, 2.45) is 0 Å². The number of carboxylic acid groups (broad SMARTS) is 3. The van der Waals surface area contributed by atoms with Gasteiger partial charge in [0.05, 0.1) is 0 Å². The zero-order chi connectivity index (χ0) is 44.7. The fourth-order valence-corrected chi connectivity index (χ4v) is 7.92. The third kappa shape index (κ3) is 107. The maximum atomic E-state index is 10.2. The van der Waals surface area contributed by atoms with Crippen LogP contribution >= 0.6 is 0 Å². The van der Waals surface area contributed by atoms with Gasteiger partial charge in [0.25, 0.3) is 0 Å². The van der Waals surface area contributed by atoms with Gasteiger partial charge in [0, 0.05) is 17.9 Å². The minimum atomic E-state index is -0.903. The van der Waals surface area contributed by atoms with Gasteiger partial charge in [0.15, 0.2) is 0 Å². The van der Waals surface area contributed by atoms with Crippen LogP contribution in [0.4, 0.5) is 0 Å². The average Bonchev–Trinajstić information content (AvgIpc) is 3.22. The van der Waals surface area contributed by atoms with Gasteiger partial charge in [-0.15, -0.1) is 0 Å². The molecule has 400 valence electrons. The summed E-state index contributed by atoms with van der Waals surface area (Å²) in [4.78, 5) is 30.7. The number of hydrogen-bond donors (Lipinski definition) is 0. The molecular weight excluding hydrogens is 926 g/mol. The molecule has 0 fully saturated rings. The van der Waals surface area contributed by atoms with Gasteiger partial charge in [0.2, 0.25) is 0 Å². The summed E-state index contributed by atoms with van der Waals surface area (Å²) in [6.07, 6.45) is 59.6. The summed E-state index contributed by atoms with van der Waals surface area (Å²) in [5, 5.41) is 30.7. The van der Waals surface area contributed by atoms with Crippen LogP contribution in [0.15, 0.2) is 0 Å². The van der Waals surface area contributed by atoms with E-state index in [4.69, 9.17) is 0 Å². The molecule has 0 unspecified atom stereocenters. The number of hydrogen-bond acceptors (Lipinski definition) is 9. The van der Waals surface area contributed by atoms with Crippen LogP contribution < -0.4 is 15.3 Å². The van der Waals surface area contributed by atoms with Gasteiger partial charge in [-0.1, -0.05) is 290 Å². The minimum Gasteiger partial charge on any atom is -2.00 e. The number of carbonyl (C=O) groups is 3. The second kappa shape index (κ2) is 89.8. The summed E-state index contributed by atoms with van der Waals surface area (Å²) in [5.74, 6) is -2.71.